The van der Waals surface area contributed by atoms with Crippen LogP contribution in [0.2, 0.25) is 0 Å². The van der Waals surface area contributed by atoms with Crippen molar-refractivity contribution in [2.75, 3.05) is 4.90 Å². The molecule has 0 saturated heterocycles. The van der Waals surface area contributed by atoms with Crippen molar-refractivity contribution >= 4 is 21.6 Å². The largest absolute Gasteiger partial charge is 0.508 e. The van der Waals surface area contributed by atoms with E-state index in [0.717, 1.165) is 24.3 Å². The molecule has 29 heavy (non-hydrogen) atoms. The van der Waals surface area contributed by atoms with Gasteiger partial charge in [-0.3, -0.25) is 0 Å². The van der Waals surface area contributed by atoms with Crippen LogP contribution < -0.4 is 4.90 Å². The van der Waals surface area contributed by atoms with E-state index in [1.807, 2.05) is 0 Å². The molecule has 1 aliphatic rings. The van der Waals surface area contributed by atoms with E-state index in [-0.39, 0.29) is 27.5 Å². The van der Waals surface area contributed by atoms with Gasteiger partial charge in [0.15, 0.2) is 0 Å². The molecule has 7 heteroatoms. The summed E-state index contributed by atoms with van der Waals surface area (Å²) >= 11 is 3.08. The molecule has 2 nitrogen and oxygen atoms in total. The highest BCUT2D eigenvalue weighted by Gasteiger charge is 2.38. The fourth-order valence-electron chi connectivity index (χ4n) is 4.03. The quantitative estimate of drug-likeness (QED) is 0.452. The Morgan fingerprint density at radius 3 is 2.28 bits per heavy atom. The van der Waals surface area contributed by atoms with E-state index in [1.165, 1.54) is 12.1 Å². The smallest absolute Gasteiger partial charge is 0.149 e. The Bertz CT molecular complexity index is 1080. The number of halogens is 5. The molecule has 0 aromatic heterocycles. The molecular formula is C22H16BrF4NO. The highest BCUT2D eigenvalue weighted by molar-refractivity contribution is 9.10. The monoisotopic (exact) mass is 465 g/mol. The maximum absolute atomic E-state index is 15.0. The molecule has 1 N–H and O–H groups in total. The molecule has 1 unspecified atom stereocenters. The lowest BCUT2D eigenvalue weighted by molar-refractivity contribution is 0.463. The number of phenolic OH excluding ortho intramolecular Hbond substituents is 1. The van der Waals surface area contributed by atoms with Crippen molar-refractivity contribution in [2.24, 2.45) is 0 Å². The van der Waals surface area contributed by atoms with Gasteiger partial charge in [0.25, 0.3) is 0 Å². The first-order valence-corrected chi connectivity index (χ1v) is 9.75. The van der Waals surface area contributed by atoms with E-state index < -0.39 is 29.3 Å². The topological polar surface area (TPSA) is 23.5 Å². The molecule has 0 bridgehead atoms. The Hall–Kier alpha value is -2.54. The molecule has 0 fully saturated rings. The van der Waals surface area contributed by atoms with Crippen LogP contribution in [-0.2, 0) is 6.42 Å². The van der Waals surface area contributed by atoms with E-state index in [2.05, 4.69) is 15.9 Å². The van der Waals surface area contributed by atoms with Gasteiger partial charge in [-0.25, -0.2) is 17.6 Å². The van der Waals surface area contributed by atoms with Crippen LogP contribution in [0.5, 0.6) is 5.75 Å². The van der Waals surface area contributed by atoms with Gasteiger partial charge in [-0.1, -0.05) is 22.0 Å². The normalized spacial score (nSPS) is 18.6. The molecule has 0 spiro atoms. The molecule has 1 heterocycles. The number of fused-ring (bicyclic) bond motifs is 1. The zero-order valence-electron chi connectivity index (χ0n) is 15.3. The van der Waals surface area contributed by atoms with Crippen molar-refractivity contribution in [3.8, 4) is 5.75 Å². The number of anilines is 1. The summed E-state index contributed by atoms with van der Waals surface area (Å²) in [6.07, 6.45) is 0.414. The molecule has 150 valence electrons. The highest BCUT2D eigenvalue weighted by atomic mass is 79.9. The Morgan fingerprint density at radius 1 is 0.931 bits per heavy atom. The summed E-state index contributed by atoms with van der Waals surface area (Å²) in [6, 6.07) is 8.61. The fourth-order valence-corrected chi connectivity index (χ4v) is 4.43. The maximum Gasteiger partial charge on any atom is 0.149 e. The molecular weight excluding hydrogens is 450 g/mol. The molecule has 3 aromatic carbocycles. The van der Waals surface area contributed by atoms with Crippen molar-refractivity contribution in [3.05, 3.63) is 93.0 Å². The van der Waals surface area contributed by atoms with E-state index in [0.29, 0.717) is 17.5 Å². The molecule has 1 aliphatic heterocycles. The third-order valence-electron chi connectivity index (χ3n) is 5.19. The van der Waals surface area contributed by atoms with E-state index in [9.17, 15) is 22.7 Å². The molecule has 4 rings (SSSR count). The number of rotatable bonds is 2. The summed E-state index contributed by atoms with van der Waals surface area (Å²) in [4.78, 5) is 1.56. The van der Waals surface area contributed by atoms with Crippen LogP contribution in [0.25, 0.3) is 0 Å². The lowest BCUT2D eigenvalue weighted by Gasteiger charge is -2.44. The van der Waals surface area contributed by atoms with Crippen molar-refractivity contribution in [2.45, 2.75) is 25.4 Å². The van der Waals surface area contributed by atoms with Gasteiger partial charge in [0.05, 0.1) is 17.3 Å². The Kier molecular flexibility index (Phi) is 5.02. The van der Waals surface area contributed by atoms with Crippen LogP contribution in [0.3, 0.4) is 0 Å². The highest BCUT2D eigenvalue weighted by Crippen LogP contribution is 2.44. The number of nitrogens with zero attached hydrogens (tertiary/aromatic N) is 1. The number of aromatic hydroxyl groups is 1. The van der Waals surface area contributed by atoms with Crippen molar-refractivity contribution in [1.82, 2.24) is 0 Å². The molecule has 0 aliphatic carbocycles. The van der Waals surface area contributed by atoms with Gasteiger partial charge in [-0.2, -0.15) is 0 Å². The summed E-state index contributed by atoms with van der Waals surface area (Å²) in [5.74, 6) is -3.10. The third-order valence-corrected chi connectivity index (χ3v) is 5.65. The summed E-state index contributed by atoms with van der Waals surface area (Å²) in [6.45, 7) is 1.79. The van der Waals surface area contributed by atoms with E-state index >= 15 is 0 Å². The molecule has 0 saturated carbocycles. The van der Waals surface area contributed by atoms with Gasteiger partial charge in [-0.05, 0) is 60.9 Å². The number of hydrogen-bond donors (Lipinski definition) is 1. The first-order valence-electron chi connectivity index (χ1n) is 8.96. The van der Waals surface area contributed by atoms with Gasteiger partial charge in [-0.15, -0.1) is 0 Å². The summed E-state index contributed by atoms with van der Waals surface area (Å²) < 4.78 is 58.3. The van der Waals surface area contributed by atoms with Crippen LogP contribution in [-0.4, -0.2) is 11.1 Å². The van der Waals surface area contributed by atoms with Crippen LogP contribution >= 0.6 is 15.9 Å². The van der Waals surface area contributed by atoms with Crippen LogP contribution in [0.1, 0.15) is 29.7 Å². The third kappa shape index (κ3) is 3.48. The molecule has 0 radical (unpaired) electrons. The molecule has 2 atom stereocenters. The van der Waals surface area contributed by atoms with Gasteiger partial charge in [0, 0.05) is 16.6 Å². The second-order valence-corrected chi connectivity index (χ2v) is 8.04. The zero-order chi connectivity index (χ0) is 20.9. The SMILES string of the molecule is C[C@@H]1Cc2cc(O)ccc2C(c2c(F)cc(Br)cc2F)N1c1ccc(F)cc1F. The first-order chi connectivity index (χ1) is 13.8. The number of benzene rings is 3. The summed E-state index contributed by atoms with van der Waals surface area (Å²) in [7, 11) is 0. The summed E-state index contributed by atoms with van der Waals surface area (Å²) in [5, 5.41) is 9.86. The standard InChI is InChI=1S/C22H16BrF4NO/c1-11-6-12-7-15(29)3-4-16(12)22(21-18(26)8-13(23)9-19(21)27)28(11)20-5-2-14(24)10-17(20)25/h2-5,7-11,22,29H,6H2,1H3/t11-,22?/m1/s1. The minimum atomic E-state index is -0.998. The summed E-state index contributed by atoms with van der Waals surface area (Å²) in [5.41, 5.74) is 1.06. The minimum absolute atomic E-state index is 0.0351. The molecule has 0 amide bonds. The van der Waals surface area contributed by atoms with Crippen molar-refractivity contribution in [3.63, 3.8) is 0 Å². The number of hydrogen-bond acceptors (Lipinski definition) is 2. The van der Waals surface area contributed by atoms with Crippen LogP contribution in [0.15, 0.2) is 53.0 Å². The minimum Gasteiger partial charge on any atom is -0.508 e. The van der Waals surface area contributed by atoms with Gasteiger partial charge in [0.2, 0.25) is 0 Å². The van der Waals surface area contributed by atoms with E-state index in [4.69, 9.17) is 0 Å². The molecule has 3 aromatic rings. The van der Waals surface area contributed by atoms with Crippen LogP contribution in [0.4, 0.5) is 23.2 Å². The van der Waals surface area contributed by atoms with Gasteiger partial charge < -0.3 is 10.0 Å². The lowest BCUT2D eigenvalue weighted by atomic mass is 9.84. The second kappa shape index (κ2) is 7.37. The van der Waals surface area contributed by atoms with E-state index in [1.54, 1.807) is 24.0 Å². The average Bonchev–Trinajstić information content (AvgIpc) is 2.61. The maximum atomic E-state index is 15.0. The van der Waals surface area contributed by atoms with Crippen molar-refractivity contribution < 1.29 is 22.7 Å². The van der Waals surface area contributed by atoms with Gasteiger partial charge >= 0.3 is 0 Å². The lowest BCUT2D eigenvalue weighted by Crippen LogP contribution is -2.44. The van der Waals surface area contributed by atoms with Gasteiger partial charge in [0.1, 0.15) is 29.0 Å². The second-order valence-electron chi connectivity index (χ2n) is 7.12. The predicted octanol–water partition coefficient (Wildman–Crippen LogP) is 6.25. The van der Waals surface area contributed by atoms with Crippen molar-refractivity contribution in [1.29, 1.82) is 0 Å². The number of phenols is 1. The van der Waals surface area contributed by atoms with Crippen LogP contribution in [0, 0.1) is 23.3 Å². The predicted molar refractivity (Wildman–Crippen MR) is 106 cm³/mol. The average molecular weight is 466 g/mol. The Labute approximate surface area is 173 Å². The first kappa shape index (κ1) is 19.8. The zero-order valence-corrected chi connectivity index (χ0v) is 16.9. The fraction of sp³-hybridized carbons (Fsp3) is 0.182. The Morgan fingerprint density at radius 2 is 1.62 bits per heavy atom. The Balaban J connectivity index is 2.00.